The highest BCUT2D eigenvalue weighted by Crippen LogP contribution is 2.51. The molecule has 0 bridgehead atoms. The Morgan fingerprint density at radius 1 is 0.628 bits per heavy atom. The van der Waals surface area contributed by atoms with E-state index in [1.807, 2.05) is 13.0 Å². The average Bonchev–Trinajstić information content (AvgIpc) is 2.89. The minimum Gasteiger partial charge on any atom is -0.496 e. The van der Waals surface area contributed by atoms with Gasteiger partial charge in [-0.3, -0.25) is 0 Å². The van der Waals surface area contributed by atoms with Crippen molar-refractivity contribution < 1.29 is 52.0 Å². The number of methoxy groups -OCH3 is 2. The molecule has 0 aliphatic rings. The van der Waals surface area contributed by atoms with Gasteiger partial charge in [-0.2, -0.15) is 25.3 Å². The Labute approximate surface area is 252 Å². The molecule has 0 aliphatic carbocycles. The zero-order valence-electron chi connectivity index (χ0n) is 24.3. The van der Waals surface area contributed by atoms with Crippen molar-refractivity contribution in [2.24, 2.45) is 0 Å². The maximum atomic E-state index is 12.4. The molecule has 3 rings (SSSR count). The van der Waals surface area contributed by atoms with Crippen LogP contribution in [0.3, 0.4) is 0 Å². The summed E-state index contributed by atoms with van der Waals surface area (Å²) >= 11 is 0. The number of benzene rings is 3. The van der Waals surface area contributed by atoms with Crippen LogP contribution in [0.25, 0.3) is 22.3 Å². The molecule has 0 fully saturated rings. The van der Waals surface area contributed by atoms with Gasteiger partial charge in [-0.25, -0.2) is 0 Å². The molecule has 43 heavy (non-hydrogen) atoms. The number of allylic oxidation sites excluding steroid dienone is 1. The van der Waals surface area contributed by atoms with Gasteiger partial charge in [0.25, 0.3) is 0 Å². The molecule has 3 aromatic carbocycles. The van der Waals surface area contributed by atoms with Crippen molar-refractivity contribution in [3.63, 3.8) is 0 Å². The lowest BCUT2D eigenvalue weighted by Crippen LogP contribution is -2.10. The summed E-state index contributed by atoms with van der Waals surface area (Å²) in [7, 11) is -9.22. The van der Waals surface area contributed by atoms with Crippen LogP contribution in [-0.4, -0.2) is 64.8 Å². The lowest BCUT2D eigenvalue weighted by Gasteiger charge is -2.21. The molecule has 12 nitrogen and oxygen atoms in total. The van der Waals surface area contributed by atoms with Crippen molar-refractivity contribution >= 4 is 30.4 Å². The molecule has 0 amide bonds. The monoisotopic (exact) mass is 656 g/mol. The van der Waals surface area contributed by atoms with Gasteiger partial charge >= 0.3 is 30.4 Å². The lowest BCUT2D eigenvalue weighted by atomic mass is 9.96. The highest BCUT2D eigenvalue weighted by atomic mass is 32.2. The molecule has 234 valence electrons. The predicted octanol–water partition coefficient (Wildman–Crippen LogP) is 4.40. The summed E-state index contributed by atoms with van der Waals surface area (Å²) in [5.74, 6) is -0.0846. The van der Waals surface area contributed by atoms with E-state index in [2.05, 4.69) is 0 Å². The van der Waals surface area contributed by atoms with Crippen LogP contribution >= 0.6 is 0 Å². The maximum absolute atomic E-state index is 12.4. The Hall–Kier alpha value is -3.95. The third-order valence-corrected chi connectivity index (χ3v) is 6.93. The Morgan fingerprint density at radius 2 is 1.23 bits per heavy atom. The van der Waals surface area contributed by atoms with Crippen LogP contribution in [0.15, 0.2) is 60.7 Å². The smallest absolute Gasteiger partial charge is 0.306 e. The van der Waals surface area contributed by atoms with Crippen LogP contribution in [0.1, 0.15) is 13.3 Å². The van der Waals surface area contributed by atoms with Crippen LogP contribution < -0.4 is 26.8 Å². The van der Waals surface area contributed by atoms with Crippen LogP contribution in [0.5, 0.6) is 34.5 Å². The zero-order chi connectivity index (χ0) is 32.0. The second-order valence-electron chi connectivity index (χ2n) is 9.10. The van der Waals surface area contributed by atoms with Crippen molar-refractivity contribution in [3.8, 4) is 56.8 Å². The van der Waals surface area contributed by atoms with E-state index in [1.54, 1.807) is 30.3 Å². The topological polar surface area (TPSA) is 158 Å². The van der Waals surface area contributed by atoms with Crippen LogP contribution in [0.2, 0.25) is 0 Å². The van der Waals surface area contributed by atoms with E-state index in [1.165, 1.54) is 38.5 Å². The molecule has 0 saturated heterocycles. The fraction of sp³-hybridized carbons (Fsp3) is 0.286. The van der Waals surface area contributed by atoms with Gasteiger partial charge in [0.2, 0.25) is 0 Å². The molecule has 15 heteroatoms. The van der Waals surface area contributed by atoms with E-state index >= 15 is 0 Å². The van der Waals surface area contributed by atoms with Crippen molar-refractivity contribution in [1.82, 2.24) is 0 Å². The first-order chi connectivity index (χ1) is 20.0. The molecule has 0 N–H and O–H groups in total. The largest absolute Gasteiger partial charge is 0.496 e. The first-order valence-electron chi connectivity index (χ1n) is 12.5. The van der Waals surface area contributed by atoms with E-state index in [0.29, 0.717) is 11.1 Å². The van der Waals surface area contributed by atoms with E-state index in [9.17, 15) is 25.3 Å². The molecule has 0 aromatic heterocycles. The molecule has 0 unspecified atom stereocenters. The summed E-state index contributed by atoms with van der Waals surface area (Å²) < 4.78 is 105. The highest BCUT2D eigenvalue weighted by molar-refractivity contribution is 7.86. The van der Waals surface area contributed by atoms with E-state index < -0.39 is 30.4 Å². The van der Waals surface area contributed by atoms with Crippen molar-refractivity contribution in [3.05, 3.63) is 60.7 Å². The first kappa shape index (κ1) is 33.6. The summed E-state index contributed by atoms with van der Waals surface area (Å²) in [5, 5.41) is 0. The maximum Gasteiger partial charge on any atom is 0.306 e. The number of hydrogen-bond donors (Lipinski definition) is 0. The molecule has 0 saturated carbocycles. The summed E-state index contributed by atoms with van der Waals surface area (Å²) in [4.78, 5) is 0. The number of hydrogen-bond acceptors (Lipinski definition) is 12. The number of rotatable bonds is 14. The van der Waals surface area contributed by atoms with Gasteiger partial charge in [0.1, 0.15) is 18.1 Å². The van der Waals surface area contributed by atoms with Gasteiger partial charge in [0.05, 0.1) is 38.6 Å². The van der Waals surface area contributed by atoms with Crippen molar-refractivity contribution in [2.45, 2.75) is 13.3 Å². The van der Waals surface area contributed by atoms with Gasteiger partial charge in [0, 0.05) is 5.56 Å². The van der Waals surface area contributed by atoms with Gasteiger partial charge in [0.15, 0.2) is 23.0 Å². The molecular formula is C28H32O12S3. The Morgan fingerprint density at radius 3 is 1.77 bits per heavy atom. The van der Waals surface area contributed by atoms with Gasteiger partial charge in [-0.15, -0.1) is 0 Å². The SMILES string of the molecule is CCC=CCOc1ccc(-c2c(OC)cc(-c3ccc(OS(C)(=O)=O)cc3)c(OC)c2OS(C)(=O)=O)cc1OS(C)(=O)=O. The zero-order valence-corrected chi connectivity index (χ0v) is 26.8. The quantitative estimate of drug-likeness (QED) is 0.178. The van der Waals surface area contributed by atoms with Crippen molar-refractivity contribution in [2.75, 3.05) is 39.6 Å². The summed E-state index contributed by atoms with van der Waals surface area (Å²) in [6.45, 7) is 2.10. The first-order valence-corrected chi connectivity index (χ1v) is 18.0. The van der Waals surface area contributed by atoms with Crippen LogP contribution in [-0.2, 0) is 30.4 Å². The van der Waals surface area contributed by atoms with Crippen molar-refractivity contribution in [1.29, 1.82) is 0 Å². The average molecular weight is 657 g/mol. The molecule has 0 atom stereocenters. The molecule has 0 aliphatic heterocycles. The van der Waals surface area contributed by atoms with E-state index in [0.717, 1.165) is 25.2 Å². The van der Waals surface area contributed by atoms with E-state index in [-0.39, 0.29) is 52.2 Å². The minimum absolute atomic E-state index is 0.00591. The highest BCUT2D eigenvalue weighted by Gasteiger charge is 2.27. The fourth-order valence-electron chi connectivity index (χ4n) is 3.95. The summed E-state index contributed by atoms with van der Waals surface area (Å²) in [6, 6.07) is 11.8. The third-order valence-electron chi connectivity index (χ3n) is 5.48. The van der Waals surface area contributed by atoms with Gasteiger partial charge in [-0.05, 0) is 47.9 Å². The third kappa shape index (κ3) is 9.53. The molecular weight excluding hydrogens is 624 g/mol. The van der Waals surface area contributed by atoms with Crippen LogP contribution in [0, 0.1) is 0 Å². The summed E-state index contributed by atoms with van der Waals surface area (Å²) in [6.07, 6.45) is 7.08. The Bertz CT molecular complexity index is 1810. The Balaban J connectivity index is 2.29. The number of ether oxygens (including phenoxy) is 3. The van der Waals surface area contributed by atoms with Crippen LogP contribution in [0.4, 0.5) is 0 Å². The van der Waals surface area contributed by atoms with Gasteiger partial charge < -0.3 is 26.8 Å². The fourth-order valence-corrected chi connectivity index (χ4v) is 5.33. The second kappa shape index (κ2) is 13.6. The molecule has 0 spiro atoms. The Kier molecular flexibility index (Phi) is 10.6. The minimum atomic E-state index is -4.14. The standard InChI is InChI=1S/C28H32O12S3/c1-7-8-9-16-37-23-15-12-20(17-24(23)39-42(5,31)32)26-25(35-2)18-22(27(36-3)28(26)40-43(6,33)34)19-10-13-21(14-11-19)38-41(4,29)30/h8-15,17-18H,7,16H2,1-6H3. The normalized spacial score (nSPS) is 12.1. The molecule has 0 heterocycles. The second-order valence-corrected chi connectivity index (χ2v) is 13.8. The van der Waals surface area contributed by atoms with Gasteiger partial charge in [-0.1, -0.05) is 37.3 Å². The lowest BCUT2D eigenvalue weighted by molar-refractivity contribution is 0.347. The van der Waals surface area contributed by atoms with E-state index in [4.69, 9.17) is 26.8 Å². The molecule has 3 aromatic rings. The predicted molar refractivity (Wildman–Crippen MR) is 162 cm³/mol. The summed E-state index contributed by atoms with van der Waals surface area (Å²) in [5.41, 5.74) is 1.18. The molecule has 0 radical (unpaired) electrons.